The van der Waals surface area contributed by atoms with Crippen LogP contribution in [0.3, 0.4) is 0 Å². The van der Waals surface area contributed by atoms with E-state index in [2.05, 4.69) is 32.0 Å². The van der Waals surface area contributed by atoms with Crippen molar-refractivity contribution in [1.82, 2.24) is 20.7 Å². The molecule has 3 N–H and O–H groups in total. The summed E-state index contributed by atoms with van der Waals surface area (Å²) >= 11 is 6.05. The lowest BCUT2D eigenvalue weighted by Gasteiger charge is -2.52. The Morgan fingerprint density at radius 2 is 1.97 bits per heavy atom. The van der Waals surface area contributed by atoms with Crippen molar-refractivity contribution in [3.63, 3.8) is 0 Å². The molecule has 33 heavy (non-hydrogen) atoms. The van der Waals surface area contributed by atoms with Crippen molar-refractivity contribution in [2.75, 3.05) is 32.1 Å². The number of likely N-dealkylation sites (tertiary alicyclic amines) is 1. The molecule has 0 spiro atoms. The molecule has 0 bridgehead atoms. The number of rotatable bonds is 6. The van der Waals surface area contributed by atoms with E-state index in [-0.39, 0.29) is 29.6 Å². The quantitative estimate of drug-likeness (QED) is 0.585. The average Bonchev–Trinajstić information content (AvgIpc) is 3.16. The molecule has 0 aromatic heterocycles. The molecule has 3 atom stereocenters. The van der Waals surface area contributed by atoms with Gasteiger partial charge in [-0.1, -0.05) is 11.6 Å². The average molecular weight is 473 g/mol. The zero-order chi connectivity index (χ0) is 23.0. The monoisotopic (exact) mass is 472 g/mol. The number of anilines is 1. The number of carbonyl (C=O) groups excluding carboxylic acids is 1. The van der Waals surface area contributed by atoms with Gasteiger partial charge in [0.25, 0.3) is 0 Å². The van der Waals surface area contributed by atoms with Crippen LogP contribution in [0.2, 0.25) is 5.02 Å². The molecular formula is C24H33ClN6O2. The largest absolute Gasteiger partial charge is 0.379 e. The zero-order valence-electron chi connectivity index (χ0n) is 19.1. The number of benzene rings is 1. The van der Waals surface area contributed by atoms with Crippen molar-refractivity contribution in [2.24, 2.45) is 5.92 Å². The van der Waals surface area contributed by atoms with Gasteiger partial charge in [-0.2, -0.15) is 5.26 Å². The Hall–Kier alpha value is -1.89. The first-order valence-electron chi connectivity index (χ1n) is 12.0. The minimum atomic E-state index is -0.256. The summed E-state index contributed by atoms with van der Waals surface area (Å²) in [6.07, 6.45) is 5.49. The highest BCUT2D eigenvalue weighted by atomic mass is 35.5. The Kier molecular flexibility index (Phi) is 6.51. The molecule has 1 aliphatic carbocycles. The van der Waals surface area contributed by atoms with Crippen LogP contribution in [-0.4, -0.2) is 72.5 Å². The van der Waals surface area contributed by atoms with Gasteiger partial charge in [-0.05, 0) is 56.4 Å². The highest BCUT2D eigenvalue weighted by Crippen LogP contribution is 2.44. The normalized spacial score (nSPS) is 35.4. The van der Waals surface area contributed by atoms with Crippen LogP contribution >= 0.6 is 11.6 Å². The van der Waals surface area contributed by atoms with Gasteiger partial charge in [0.05, 0.1) is 24.5 Å². The summed E-state index contributed by atoms with van der Waals surface area (Å²) in [7, 11) is 1.78. The highest BCUT2D eigenvalue weighted by Gasteiger charge is 2.55. The van der Waals surface area contributed by atoms with Crippen LogP contribution < -0.4 is 16.1 Å². The number of hydrazine groups is 1. The van der Waals surface area contributed by atoms with Crippen molar-refractivity contribution in [2.45, 2.75) is 68.4 Å². The molecule has 3 saturated heterocycles. The number of amides is 1. The number of fused-ring (bicyclic) bond motifs is 1. The Labute approximate surface area is 200 Å². The van der Waals surface area contributed by atoms with E-state index in [1.807, 2.05) is 24.3 Å². The van der Waals surface area contributed by atoms with Gasteiger partial charge in [0.15, 0.2) is 0 Å². The molecule has 8 nitrogen and oxygen atoms in total. The van der Waals surface area contributed by atoms with Crippen molar-refractivity contribution >= 4 is 23.2 Å². The predicted molar refractivity (Wildman–Crippen MR) is 126 cm³/mol. The number of ether oxygens (including phenoxy) is 1. The maximum atomic E-state index is 12.9. The molecule has 3 unspecified atom stereocenters. The summed E-state index contributed by atoms with van der Waals surface area (Å²) in [5.74, 6) is -0.153. The zero-order valence-corrected chi connectivity index (χ0v) is 19.9. The third kappa shape index (κ3) is 4.33. The molecule has 4 fully saturated rings. The molecule has 3 heterocycles. The number of nitrogens with zero attached hydrogens (tertiary/aromatic N) is 3. The lowest BCUT2D eigenvalue weighted by molar-refractivity contribution is -0.129. The summed E-state index contributed by atoms with van der Waals surface area (Å²) < 4.78 is 5.45. The van der Waals surface area contributed by atoms with Gasteiger partial charge in [-0.25, -0.2) is 10.4 Å². The summed E-state index contributed by atoms with van der Waals surface area (Å²) in [5, 5.41) is 19.3. The Morgan fingerprint density at radius 3 is 2.64 bits per heavy atom. The van der Waals surface area contributed by atoms with Crippen LogP contribution in [0.25, 0.3) is 0 Å². The second-order valence-corrected chi connectivity index (χ2v) is 10.3. The fourth-order valence-electron chi connectivity index (χ4n) is 6.21. The molecule has 9 heteroatoms. The number of carbonyl (C=O) groups is 1. The third-order valence-corrected chi connectivity index (χ3v) is 8.37. The molecule has 1 aromatic carbocycles. The number of hydrogen-bond acceptors (Lipinski definition) is 7. The Bertz CT molecular complexity index is 891. The van der Waals surface area contributed by atoms with E-state index in [0.29, 0.717) is 30.1 Å². The summed E-state index contributed by atoms with van der Waals surface area (Å²) in [6.45, 7) is 2.68. The van der Waals surface area contributed by atoms with Gasteiger partial charge < -0.3 is 15.4 Å². The number of nitriles is 1. The molecule has 0 radical (unpaired) electrons. The number of piperidine rings is 1. The number of hydrogen-bond donors (Lipinski definition) is 3. The van der Waals surface area contributed by atoms with Gasteiger partial charge in [-0.3, -0.25) is 9.69 Å². The van der Waals surface area contributed by atoms with Crippen LogP contribution in [0.1, 0.15) is 38.5 Å². The Morgan fingerprint density at radius 1 is 1.24 bits per heavy atom. The standard InChI is InChI=1S/C24H33ClN6O2/c1-33-19-14-30(15-19)18-6-9-24(10-7-18,11-12-26)31-20-8-13-27-23(32)21(20)22(29-31)28-17-4-2-16(25)3-5-17/h2-5,18-22,28-29H,6-11,13-15H2,1H3,(H,27,32). The van der Waals surface area contributed by atoms with Crippen LogP contribution in [0.5, 0.6) is 0 Å². The molecule has 178 valence electrons. The van der Waals surface area contributed by atoms with E-state index in [9.17, 15) is 10.1 Å². The maximum Gasteiger partial charge on any atom is 0.228 e. The molecule has 4 aliphatic rings. The maximum absolute atomic E-state index is 12.9. The number of methoxy groups -OCH3 is 1. The van der Waals surface area contributed by atoms with Gasteiger partial charge in [-0.15, -0.1) is 0 Å². The number of nitrogens with one attached hydrogen (secondary N) is 3. The number of halogens is 1. The van der Waals surface area contributed by atoms with Gasteiger partial charge in [0.2, 0.25) is 5.91 Å². The fraction of sp³-hybridized carbons (Fsp3) is 0.667. The van der Waals surface area contributed by atoms with Crippen LogP contribution in [0.4, 0.5) is 5.69 Å². The van der Waals surface area contributed by atoms with Crippen molar-refractivity contribution < 1.29 is 9.53 Å². The fourth-order valence-corrected chi connectivity index (χ4v) is 6.34. The topological polar surface area (TPSA) is 92.7 Å². The van der Waals surface area contributed by atoms with E-state index in [0.717, 1.165) is 50.9 Å². The summed E-state index contributed by atoms with van der Waals surface area (Å²) in [6, 6.07) is 10.6. The van der Waals surface area contributed by atoms with Crippen molar-refractivity contribution in [1.29, 1.82) is 5.26 Å². The second kappa shape index (κ2) is 9.40. The first kappa shape index (κ1) is 22.9. The molecule has 5 rings (SSSR count). The molecule has 3 aliphatic heterocycles. The third-order valence-electron chi connectivity index (χ3n) is 8.12. The highest BCUT2D eigenvalue weighted by molar-refractivity contribution is 6.30. The minimum Gasteiger partial charge on any atom is -0.379 e. The first-order valence-corrected chi connectivity index (χ1v) is 12.4. The predicted octanol–water partition coefficient (Wildman–Crippen LogP) is 2.33. The van der Waals surface area contributed by atoms with E-state index >= 15 is 0 Å². The molecule has 1 amide bonds. The summed E-state index contributed by atoms with van der Waals surface area (Å²) in [5.41, 5.74) is 4.31. The van der Waals surface area contributed by atoms with Crippen LogP contribution in [0.15, 0.2) is 24.3 Å². The molecular weight excluding hydrogens is 440 g/mol. The lowest BCUT2D eigenvalue weighted by Crippen LogP contribution is -2.63. The molecule has 1 saturated carbocycles. The van der Waals surface area contributed by atoms with Gasteiger partial charge in [0.1, 0.15) is 6.17 Å². The first-order chi connectivity index (χ1) is 16.0. The van der Waals surface area contributed by atoms with Crippen molar-refractivity contribution in [3.05, 3.63) is 29.3 Å². The SMILES string of the molecule is COC1CN(C2CCC(CC#N)(N3NC(Nc4ccc(Cl)cc4)C4C(=O)NCCC43)CC2)C1. The van der Waals surface area contributed by atoms with Crippen molar-refractivity contribution in [3.8, 4) is 6.07 Å². The van der Waals surface area contributed by atoms with E-state index < -0.39 is 0 Å². The van der Waals surface area contributed by atoms with E-state index in [4.69, 9.17) is 16.3 Å². The minimum absolute atomic E-state index is 0.0651. The van der Waals surface area contributed by atoms with Crippen LogP contribution in [-0.2, 0) is 9.53 Å². The second-order valence-electron chi connectivity index (χ2n) is 9.90. The van der Waals surface area contributed by atoms with Gasteiger partial charge >= 0.3 is 0 Å². The molecule has 1 aromatic rings. The van der Waals surface area contributed by atoms with Crippen LogP contribution in [0, 0.1) is 17.2 Å². The van der Waals surface area contributed by atoms with E-state index in [1.54, 1.807) is 7.11 Å². The van der Waals surface area contributed by atoms with Gasteiger partial charge in [0, 0.05) is 55.1 Å². The summed E-state index contributed by atoms with van der Waals surface area (Å²) in [4.78, 5) is 15.5. The lowest BCUT2D eigenvalue weighted by atomic mass is 9.74. The van der Waals surface area contributed by atoms with E-state index in [1.165, 1.54) is 0 Å². The smallest absolute Gasteiger partial charge is 0.228 e. The Balaban J connectivity index is 1.34.